The molecule has 2 unspecified atom stereocenters. The monoisotopic (exact) mass is 534 g/mol. The van der Waals surface area contributed by atoms with Crippen LogP contribution in [0.4, 0.5) is 11.4 Å². The number of nitrogens with zero attached hydrogens (tertiary/aromatic N) is 2. The molecule has 2 amide bonds. The Labute approximate surface area is 223 Å². The summed E-state index contributed by atoms with van der Waals surface area (Å²) >= 11 is 8.69. The lowest BCUT2D eigenvalue weighted by atomic mass is 9.79. The number of rotatable bonds is 6. The standard InChI is InChI=1S/C27H23ClN4O2S2/c1-16-4-3-5-21(12-16)31-23(33)15-36-27-22(13-29)25(18-10-11-35-14-18)24(17(2)30-27)26(34)32-20-8-6-19(28)7-9-20/h3-12,14,22,25H,15H2,1-2H3,(H,31,33)(H,32,34). The third-order valence-electron chi connectivity index (χ3n) is 5.62. The second-order valence-corrected chi connectivity index (χ2v) is 10.5. The normalized spacial score (nSPS) is 17.2. The van der Waals surface area contributed by atoms with Crippen LogP contribution in [-0.2, 0) is 9.59 Å². The molecular formula is C27H23ClN4O2S2. The highest BCUT2D eigenvalue weighted by atomic mass is 35.5. The second kappa shape index (κ2) is 11.6. The summed E-state index contributed by atoms with van der Waals surface area (Å²) in [5, 5.41) is 20.9. The van der Waals surface area contributed by atoms with Gasteiger partial charge >= 0.3 is 0 Å². The van der Waals surface area contributed by atoms with Gasteiger partial charge in [0.05, 0.1) is 16.9 Å². The molecule has 2 N–H and O–H groups in total. The summed E-state index contributed by atoms with van der Waals surface area (Å²) in [4.78, 5) is 30.6. The van der Waals surface area contributed by atoms with Gasteiger partial charge in [-0.2, -0.15) is 16.6 Å². The zero-order valence-corrected chi connectivity index (χ0v) is 22.0. The predicted octanol–water partition coefficient (Wildman–Crippen LogP) is 6.63. The number of halogens is 1. The lowest BCUT2D eigenvalue weighted by molar-refractivity contribution is -0.114. The molecule has 1 aliphatic rings. The van der Waals surface area contributed by atoms with Gasteiger partial charge < -0.3 is 10.6 Å². The number of aryl methyl sites for hydroxylation is 1. The quantitative estimate of drug-likeness (QED) is 0.371. The molecule has 2 heterocycles. The molecule has 0 spiro atoms. The largest absolute Gasteiger partial charge is 0.325 e. The van der Waals surface area contributed by atoms with Gasteiger partial charge in [0.2, 0.25) is 5.91 Å². The van der Waals surface area contributed by atoms with E-state index >= 15 is 0 Å². The highest BCUT2D eigenvalue weighted by Gasteiger charge is 2.39. The highest BCUT2D eigenvalue weighted by molar-refractivity contribution is 8.14. The highest BCUT2D eigenvalue weighted by Crippen LogP contribution is 2.42. The smallest absolute Gasteiger partial charge is 0.254 e. The van der Waals surface area contributed by atoms with Gasteiger partial charge in [0.25, 0.3) is 5.91 Å². The van der Waals surface area contributed by atoms with Crippen molar-refractivity contribution in [3.05, 3.63) is 92.8 Å². The molecule has 2 aromatic carbocycles. The average Bonchev–Trinajstić information content (AvgIpc) is 3.38. The van der Waals surface area contributed by atoms with E-state index in [0.29, 0.717) is 27.0 Å². The van der Waals surface area contributed by atoms with Crippen LogP contribution in [0.3, 0.4) is 0 Å². The van der Waals surface area contributed by atoms with Gasteiger partial charge in [0.1, 0.15) is 5.92 Å². The van der Waals surface area contributed by atoms with E-state index in [1.807, 2.05) is 48.0 Å². The molecule has 0 saturated heterocycles. The molecule has 3 aromatic rings. The van der Waals surface area contributed by atoms with Crippen LogP contribution in [0.5, 0.6) is 0 Å². The van der Waals surface area contributed by atoms with Crippen molar-refractivity contribution in [3.63, 3.8) is 0 Å². The van der Waals surface area contributed by atoms with E-state index in [-0.39, 0.29) is 17.6 Å². The Hall–Kier alpha value is -3.38. The van der Waals surface area contributed by atoms with Crippen LogP contribution >= 0.6 is 34.7 Å². The first-order valence-electron chi connectivity index (χ1n) is 11.1. The number of hydrogen-bond acceptors (Lipinski definition) is 6. The number of carbonyl (C=O) groups is 2. The second-order valence-electron chi connectivity index (χ2n) is 8.26. The number of nitriles is 1. The number of carbonyl (C=O) groups excluding carboxylic acids is 2. The Bertz CT molecular complexity index is 1380. The Morgan fingerprint density at radius 1 is 1.11 bits per heavy atom. The molecule has 0 bridgehead atoms. The van der Waals surface area contributed by atoms with Crippen molar-refractivity contribution in [2.45, 2.75) is 19.8 Å². The number of benzene rings is 2. The Morgan fingerprint density at radius 2 is 1.89 bits per heavy atom. The summed E-state index contributed by atoms with van der Waals surface area (Å²) < 4.78 is 0. The number of thioether (sulfide) groups is 1. The molecule has 4 rings (SSSR count). The lowest BCUT2D eigenvalue weighted by Gasteiger charge is -2.29. The first-order chi connectivity index (χ1) is 17.4. The van der Waals surface area contributed by atoms with Crippen molar-refractivity contribution in [1.82, 2.24) is 0 Å². The van der Waals surface area contributed by atoms with E-state index in [9.17, 15) is 14.9 Å². The molecule has 9 heteroatoms. The summed E-state index contributed by atoms with van der Waals surface area (Å²) in [5.41, 5.74) is 4.18. The van der Waals surface area contributed by atoms with Gasteiger partial charge in [-0.05, 0) is 78.2 Å². The maximum absolute atomic E-state index is 13.4. The van der Waals surface area contributed by atoms with E-state index in [1.54, 1.807) is 31.2 Å². The predicted molar refractivity (Wildman–Crippen MR) is 149 cm³/mol. The number of nitrogens with one attached hydrogen (secondary N) is 2. The van der Waals surface area contributed by atoms with Crippen LogP contribution in [0.15, 0.2) is 81.6 Å². The van der Waals surface area contributed by atoms with Crippen molar-refractivity contribution in [2.75, 3.05) is 16.4 Å². The molecule has 0 radical (unpaired) electrons. The van der Waals surface area contributed by atoms with Gasteiger partial charge in [-0.25, -0.2) is 4.99 Å². The first-order valence-corrected chi connectivity index (χ1v) is 13.4. The number of thiophene rings is 1. The number of hydrogen-bond donors (Lipinski definition) is 2. The molecule has 0 fully saturated rings. The minimum atomic E-state index is -0.703. The van der Waals surface area contributed by atoms with E-state index < -0.39 is 11.8 Å². The van der Waals surface area contributed by atoms with Crippen LogP contribution in [0.1, 0.15) is 24.0 Å². The zero-order valence-electron chi connectivity index (χ0n) is 19.6. The van der Waals surface area contributed by atoms with E-state index in [2.05, 4.69) is 21.7 Å². The molecule has 36 heavy (non-hydrogen) atoms. The van der Waals surface area contributed by atoms with Crippen molar-refractivity contribution in [3.8, 4) is 6.07 Å². The fourth-order valence-electron chi connectivity index (χ4n) is 3.99. The molecule has 1 aromatic heterocycles. The van der Waals surface area contributed by atoms with Crippen molar-refractivity contribution in [1.29, 1.82) is 5.26 Å². The molecule has 182 valence electrons. The van der Waals surface area contributed by atoms with Gasteiger partial charge in [0, 0.05) is 33.6 Å². The van der Waals surface area contributed by atoms with Gasteiger partial charge in [0.15, 0.2) is 0 Å². The Kier molecular flexibility index (Phi) is 8.26. The minimum Gasteiger partial charge on any atom is -0.325 e. The van der Waals surface area contributed by atoms with Crippen LogP contribution < -0.4 is 10.6 Å². The van der Waals surface area contributed by atoms with E-state index in [0.717, 1.165) is 16.8 Å². The number of allylic oxidation sites excluding steroid dienone is 1. The summed E-state index contributed by atoms with van der Waals surface area (Å²) in [6.45, 7) is 3.72. The minimum absolute atomic E-state index is 0.0981. The number of amides is 2. The van der Waals surface area contributed by atoms with Crippen LogP contribution in [0.25, 0.3) is 0 Å². The number of anilines is 2. The fraction of sp³-hybridized carbons (Fsp3) is 0.185. The summed E-state index contributed by atoms with van der Waals surface area (Å²) in [6.07, 6.45) is 0. The van der Waals surface area contributed by atoms with Crippen molar-refractivity contribution < 1.29 is 9.59 Å². The Balaban J connectivity index is 1.59. The molecule has 0 aliphatic carbocycles. The van der Waals surface area contributed by atoms with Crippen molar-refractivity contribution >= 4 is 62.9 Å². The van der Waals surface area contributed by atoms with E-state index in [4.69, 9.17) is 11.6 Å². The van der Waals surface area contributed by atoms with Crippen LogP contribution in [0, 0.1) is 24.2 Å². The Morgan fingerprint density at radius 3 is 2.56 bits per heavy atom. The van der Waals surface area contributed by atoms with Gasteiger partial charge in [-0.3, -0.25) is 9.59 Å². The molecule has 2 atom stereocenters. The molecule has 0 saturated carbocycles. The topological polar surface area (TPSA) is 94.4 Å². The fourth-order valence-corrected chi connectivity index (χ4v) is 5.73. The summed E-state index contributed by atoms with van der Waals surface area (Å²) in [7, 11) is 0. The van der Waals surface area contributed by atoms with Crippen LogP contribution in [-0.4, -0.2) is 22.6 Å². The summed E-state index contributed by atoms with van der Waals surface area (Å²) in [5.74, 6) is -1.62. The maximum Gasteiger partial charge on any atom is 0.254 e. The van der Waals surface area contributed by atoms with Gasteiger partial charge in [-0.1, -0.05) is 35.5 Å². The molecule has 6 nitrogen and oxygen atoms in total. The third kappa shape index (κ3) is 6.05. The average molecular weight is 535 g/mol. The first kappa shape index (κ1) is 25.7. The maximum atomic E-state index is 13.4. The molecule has 1 aliphatic heterocycles. The lowest BCUT2D eigenvalue weighted by Crippen LogP contribution is -2.31. The van der Waals surface area contributed by atoms with Crippen molar-refractivity contribution in [2.24, 2.45) is 10.9 Å². The third-order valence-corrected chi connectivity index (χ3v) is 7.62. The van der Waals surface area contributed by atoms with Crippen LogP contribution in [0.2, 0.25) is 5.02 Å². The van der Waals surface area contributed by atoms with Gasteiger partial charge in [-0.15, -0.1) is 0 Å². The summed E-state index contributed by atoms with van der Waals surface area (Å²) in [6, 6.07) is 18.7. The molecular weight excluding hydrogens is 512 g/mol. The zero-order chi connectivity index (χ0) is 25.7. The van der Waals surface area contributed by atoms with E-state index in [1.165, 1.54) is 23.1 Å². The SMILES string of the molecule is CC1=C(C(=O)Nc2ccc(Cl)cc2)C(c2ccsc2)C(C#N)C(SCC(=O)Nc2cccc(C)c2)=N1. The number of aliphatic imine (C=N–C) groups is 1.